The van der Waals surface area contributed by atoms with E-state index in [1.807, 2.05) is 0 Å². The summed E-state index contributed by atoms with van der Waals surface area (Å²) in [5.74, 6) is 0.476. The van der Waals surface area contributed by atoms with Crippen LogP contribution in [0.2, 0.25) is 0 Å². The van der Waals surface area contributed by atoms with Crippen LogP contribution in [0.15, 0.2) is 0 Å². The van der Waals surface area contributed by atoms with Gasteiger partial charge in [-0.15, -0.1) is 0 Å². The van der Waals surface area contributed by atoms with Crippen LogP contribution in [0.25, 0.3) is 0 Å². The van der Waals surface area contributed by atoms with E-state index in [0.29, 0.717) is 25.7 Å². The molecule has 17 nitrogen and oxygen atoms in total. The maximum absolute atomic E-state index is 13.2. The summed E-state index contributed by atoms with van der Waals surface area (Å²) in [6.07, 6.45) is 83.4. The smallest absolute Gasteiger partial charge is 0.462 e. The van der Waals surface area contributed by atoms with E-state index >= 15 is 0 Å². The van der Waals surface area contributed by atoms with Crippen molar-refractivity contribution in [2.24, 2.45) is 17.8 Å². The van der Waals surface area contributed by atoms with Gasteiger partial charge in [0.25, 0.3) is 0 Å². The van der Waals surface area contributed by atoms with Crippen LogP contribution in [0, 0.1) is 17.8 Å². The number of ether oxygens (including phenoxy) is 4. The Kier molecular flexibility index (Phi) is 86.1. The molecule has 0 saturated carbocycles. The van der Waals surface area contributed by atoms with Gasteiger partial charge in [-0.25, -0.2) is 9.13 Å². The lowest BCUT2D eigenvalue weighted by molar-refractivity contribution is -0.161. The topological polar surface area (TPSA) is 237 Å². The Labute approximate surface area is 721 Å². The zero-order valence-corrected chi connectivity index (χ0v) is 79.5. The van der Waals surface area contributed by atoms with Gasteiger partial charge >= 0.3 is 39.5 Å². The first-order valence-electron chi connectivity index (χ1n) is 50.4. The Balaban J connectivity index is 5.24. The first-order valence-corrected chi connectivity index (χ1v) is 53.4. The average Bonchev–Trinajstić information content (AvgIpc) is 0.892. The minimum absolute atomic E-state index is 0.109. The summed E-state index contributed by atoms with van der Waals surface area (Å²) in [6, 6.07) is 0. The van der Waals surface area contributed by atoms with Crippen molar-refractivity contribution in [3.63, 3.8) is 0 Å². The number of hydrogen-bond donors (Lipinski definition) is 3. The second kappa shape index (κ2) is 87.5. The standard InChI is InChI=1S/C98H192O17P2/c1-8-11-12-13-14-15-16-44-51-58-65-72-79-95(100)108-85-93(114-97(102)81-74-67-60-53-46-39-33-27-20-17-23-29-35-41-48-55-62-69-76-89(4)5)87-112-116(104,105)110-83-92(99)84-111-117(106,107)113-88-94(115-98(103)82-75-68-61-54-47-40-34-28-22-19-25-31-37-43-50-57-64-71-78-91(7)10-3)86-109-96(101)80-73-66-59-52-45-38-32-26-21-18-24-30-36-42-49-56-63-70-77-90(6)9-2/h89-94,99H,8-88H2,1-7H3,(H,104,105)(H,106,107)/t90?,91?,92-,93+,94+/m0/s1. The monoisotopic (exact) mass is 1700 g/mol. The van der Waals surface area contributed by atoms with Crippen molar-refractivity contribution in [2.75, 3.05) is 39.6 Å². The number of unbranched alkanes of at least 4 members (excludes halogenated alkanes) is 62. The molecule has 0 rings (SSSR count). The minimum Gasteiger partial charge on any atom is -0.462 e. The Bertz CT molecular complexity index is 2240. The molecule has 0 saturated heterocycles. The van der Waals surface area contributed by atoms with E-state index in [9.17, 15) is 43.2 Å². The lowest BCUT2D eigenvalue weighted by atomic mass is 9.99. The van der Waals surface area contributed by atoms with Crippen molar-refractivity contribution < 1.29 is 80.2 Å². The first kappa shape index (κ1) is 115. The summed E-state index contributed by atoms with van der Waals surface area (Å²) in [7, 11) is -9.95. The van der Waals surface area contributed by atoms with Crippen LogP contribution >= 0.6 is 15.6 Å². The molecule has 0 bridgehead atoms. The summed E-state index contributed by atoms with van der Waals surface area (Å²) in [5.41, 5.74) is 0. The molecule has 0 aromatic heterocycles. The number of hydrogen-bond acceptors (Lipinski definition) is 15. The molecular weight excluding hydrogens is 1510 g/mol. The van der Waals surface area contributed by atoms with E-state index in [-0.39, 0.29) is 25.7 Å². The van der Waals surface area contributed by atoms with Crippen LogP contribution < -0.4 is 0 Å². The molecule has 0 spiro atoms. The molecule has 0 fully saturated rings. The first-order chi connectivity index (χ1) is 56.8. The van der Waals surface area contributed by atoms with Crippen molar-refractivity contribution in [3.8, 4) is 0 Å². The van der Waals surface area contributed by atoms with Gasteiger partial charge in [0.2, 0.25) is 0 Å². The van der Waals surface area contributed by atoms with Gasteiger partial charge in [-0.2, -0.15) is 0 Å². The summed E-state index contributed by atoms with van der Waals surface area (Å²) < 4.78 is 69.3. The second-order valence-electron chi connectivity index (χ2n) is 36.1. The number of esters is 4. The Morgan fingerprint density at radius 3 is 0.650 bits per heavy atom. The second-order valence-corrected chi connectivity index (χ2v) is 39.0. The third-order valence-corrected chi connectivity index (χ3v) is 25.8. The fourth-order valence-corrected chi connectivity index (χ4v) is 17.0. The summed E-state index contributed by atoms with van der Waals surface area (Å²) >= 11 is 0. The molecule has 0 aliphatic heterocycles. The molecule has 0 aliphatic rings. The molecule has 0 heterocycles. The molecular formula is C98H192O17P2. The average molecular weight is 1700 g/mol. The Morgan fingerprint density at radius 2 is 0.436 bits per heavy atom. The highest BCUT2D eigenvalue weighted by Crippen LogP contribution is 2.45. The van der Waals surface area contributed by atoms with Gasteiger partial charge in [0.05, 0.1) is 26.4 Å². The van der Waals surface area contributed by atoms with Crippen LogP contribution in [0.4, 0.5) is 0 Å². The molecule has 0 aromatic rings. The largest absolute Gasteiger partial charge is 0.472 e. The van der Waals surface area contributed by atoms with Gasteiger partial charge in [-0.05, 0) is 43.4 Å². The van der Waals surface area contributed by atoms with E-state index in [1.165, 1.54) is 340 Å². The van der Waals surface area contributed by atoms with Crippen LogP contribution in [0.3, 0.4) is 0 Å². The van der Waals surface area contributed by atoms with Gasteiger partial charge in [-0.1, -0.05) is 479 Å². The maximum atomic E-state index is 13.2. The molecule has 0 aliphatic carbocycles. The predicted octanol–water partition coefficient (Wildman–Crippen LogP) is 30.8. The number of phosphoric ester groups is 2. The molecule has 7 atom stereocenters. The van der Waals surface area contributed by atoms with Crippen LogP contribution in [-0.4, -0.2) is 96.7 Å². The van der Waals surface area contributed by atoms with Gasteiger partial charge in [0.15, 0.2) is 12.2 Å². The van der Waals surface area contributed by atoms with Gasteiger partial charge in [0, 0.05) is 25.7 Å². The third kappa shape index (κ3) is 88.7. The van der Waals surface area contributed by atoms with E-state index in [2.05, 4.69) is 48.5 Å². The predicted molar refractivity (Wildman–Crippen MR) is 488 cm³/mol. The lowest BCUT2D eigenvalue weighted by Crippen LogP contribution is -2.30. The Morgan fingerprint density at radius 1 is 0.248 bits per heavy atom. The summed E-state index contributed by atoms with van der Waals surface area (Å²) in [4.78, 5) is 73.6. The normalized spacial score (nSPS) is 14.1. The summed E-state index contributed by atoms with van der Waals surface area (Å²) in [5, 5.41) is 10.7. The molecule has 4 unspecified atom stereocenters. The molecule has 0 radical (unpaired) electrons. The van der Waals surface area contributed by atoms with E-state index in [1.54, 1.807) is 0 Å². The molecule has 3 N–H and O–H groups in total. The number of carbonyl (C=O) groups is 4. The van der Waals surface area contributed by atoms with Crippen molar-refractivity contribution in [3.05, 3.63) is 0 Å². The van der Waals surface area contributed by atoms with Crippen LogP contribution in [0.5, 0.6) is 0 Å². The molecule has 117 heavy (non-hydrogen) atoms. The molecule has 19 heteroatoms. The number of aliphatic hydroxyl groups is 1. The van der Waals surface area contributed by atoms with Crippen molar-refractivity contribution in [2.45, 2.75) is 548 Å². The quantitative estimate of drug-likeness (QED) is 0.0222. The van der Waals surface area contributed by atoms with Gasteiger partial charge in [-0.3, -0.25) is 37.3 Å². The van der Waals surface area contributed by atoms with Crippen LogP contribution in [-0.2, 0) is 65.4 Å². The van der Waals surface area contributed by atoms with Gasteiger partial charge in [0.1, 0.15) is 19.3 Å². The number of phosphoric acid groups is 2. The third-order valence-electron chi connectivity index (χ3n) is 23.9. The number of rotatable bonds is 96. The zero-order chi connectivity index (χ0) is 85.7. The highest BCUT2D eigenvalue weighted by Gasteiger charge is 2.31. The van der Waals surface area contributed by atoms with E-state index < -0.39 is 97.5 Å². The fraction of sp³-hybridized carbons (Fsp3) is 0.959. The molecule has 0 amide bonds. The highest BCUT2D eigenvalue weighted by atomic mass is 31.2. The van der Waals surface area contributed by atoms with Crippen molar-refractivity contribution >= 4 is 39.5 Å². The van der Waals surface area contributed by atoms with Gasteiger partial charge < -0.3 is 33.8 Å². The summed E-state index contributed by atoms with van der Waals surface area (Å²) in [6.45, 7) is 12.2. The molecule has 0 aromatic carbocycles. The zero-order valence-electron chi connectivity index (χ0n) is 77.7. The SMILES string of the molecule is CCCCCCCCCCCCCCC(=O)OC[C@H](COP(=O)(O)OC[C@H](O)COP(=O)(O)OC[C@@H](COC(=O)CCCCCCCCCCCCCCCCCCCCC(C)CC)OC(=O)CCCCCCCCCCCCCCCCCCCCC(C)CC)OC(=O)CCCCCCCCCCCCCCCCCCCCC(C)C. The Hall–Kier alpha value is -1.94. The van der Waals surface area contributed by atoms with Crippen molar-refractivity contribution in [1.29, 1.82) is 0 Å². The van der Waals surface area contributed by atoms with E-state index in [4.69, 9.17) is 37.0 Å². The number of aliphatic hydroxyl groups excluding tert-OH is 1. The fourth-order valence-electron chi connectivity index (χ4n) is 15.4. The minimum atomic E-state index is -4.97. The number of carbonyl (C=O) groups excluding carboxylic acids is 4. The van der Waals surface area contributed by atoms with Crippen molar-refractivity contribution in [1.82, 2.24) is 0 Å². The molecule has 696 valence electrons. The highest BCUT2D eigenvalue weighted by molar-refractivity contribution is 7.47. The lowest BCUT2D eigenvalue weighted by Gasteiger charge is -2.21. The van der Waals surface area contributed by atoms with E-state index in [0.717, 1.165) is 108 Å². The maximum Gasteiger partial charge on any atom is 0.472 e. The van der Waals surface area contributed by atoms with Crippen LogP contribution in [0.1, 0.15) is 530 Å².